The minimum absolute atomic E-state index is 0.506. The Labute approximate surface area is 169 Å². The molecule has 0 saturated heterocycles. The van der Waals surface area contributed by atoms with Gasteiger partial charge in [0, 0.05) is 12.1 Å². The van der Waals surface area contributed by atoms with Crippen molar-refractivity contribution in [1.29, 1.82) is 0 Å². The van der Waals surface area contributed by atoms with Gasteiger partial charge in [-0.25, -0.2) is 0 Å². The second-order valence-electron chi connectivity index (χ2n) is 6.31. The highest BCUT2D eigenvalue weighted by molar-refractivity contribution is 7.87. The van der Waals surface area contributed by atoms with E-state index in [0.29, 0.717) is 29.7 Å². The van der Waals surface area contributed by atoms with Gasteiger partial charge in [-0.2, -0.15) is 0 Å². The van der Waals surface area contributed by atoms with Gasteiger partial charge in [-0.3, -0.25) is 0 Å². The third-order valence-corrected chi connectivity index (χ3v) is 5.96. The summed E-state index contributed by atoms with van der Waals surface area (Å²) >= 11 is 6.41. The molecule has 6 heteroatoms. The topological polar surface area (TPSA) is 54.9 Å². The highest BCUT2D eigenvalue weighted by Crippen LogP contribution is 2.36. The maximum atomic E-state index is 9.78. The van der Waals surface area contributed by atoms with Gasteiger partial charge in [-0.05, 0) is 31.9 Å². The van der Waals surface area contributed by atoms with Crippen molar-refractivity contribution in [3.05, 3.63) is 52.5 Å². The second kappa shape index (κ2) is 11.1. The number of benzene rings is 2. The van der Waals surface area contributed by atoms with Gasteiger partial charge in [0.15, 0.2) is 0 Å². The summed E-state index contributed by atoms with van der Waals surface area (Å²) in [5, 5.41) is 0.506. The first-order valence-corrected chi connectivity index (χ1v) is 10.9. The van der Waals surface area contributed by atoms with Gasteiger partial charge in [0.25, 0.3) is 0 Å². The summed E-state index contributed by atoms with van der Waals surface area (Å²) in [6.45, 7) is 7.44. The van der Waals surface area contributed by atoms with Crippen molar-refractivity contribution >= 4 is 22.3 Å². The van der Waals surface area contributed by atoms with E-state index < -0.39 is 10.7 Å². The molecule has 0 saturated carbocycles. The van der Waals surface area contributed by atoms with E-state index in [1.807, 2.05) is 37.3 Å². The molecule has 0 spiro atoms. The predicted octanol–water partition coefficient (Wildman–Crippen LogP) is 6.31. The van der Waals surface area contributed by atoms with Crippen molar-refractivity contribution < 1.29 is 9.47 Å². The smallest absolute Gasteiger partial charge is 0.227 e. The van der Waals surface area contributed by atoms with Gasteiger partial charge >= 0.3 is 0 Å². The maximum absolute atomic E-state index is 9.78. The van der Waals surface area contributed by atoms with Crippen LogP contribution in [0.15, 0.2) is 46.2 Å². The van der Waals surface area contributed by atoms with Crippen molar-refractivity contribution in [3.8, 4) is 11.5 Å². The molecule has 1 atom stereocenters. The summed E-state index contributed by atoms with van der Waals surface area (Å²) in [4.78, 5) is 1.68. The highest BCUT2D eigenvalue weighted by atomic mass is 35.5. The van der Waals surface area contributed by atoms with Crippen LogP contribution in [-0.4, -0.2) is 13.2 Å². The highest BCUT2D eigenvalue weighted by Gasteiger charge is 2.22. The van der Waals surface area contributed by atoms with Crippen LogP contribution in [0, 0.1) is 6.92 Å². The van der Waals surface area contributed by atoms with Gasteiger partial charge < -0.3 is 15.0 Å². The standard InChI is InChI=1S/C21H27ClN2O2S/c1-4-6-12-25-19-15-21(20(14-18(19)22)26-13-7-5-2)27(24-23)17-10-8-16(3)9-11-17/h8-11,14-15H,4-7,12-13H2,1-3H3. The number of rotatable bonds is 10. The number of nitrogens with zero attached hydrogens (tertiary/aromatic N) is 2. The quantitative estimate of drug-likeness (QED) is 0.263. The predicted molar refractivity (Wildman–Crippen MR) is 113 cm³/mol. The van der Waals surface area contributed by atoms with E-state index in [1.165, 1.54) is 0 Å². The Kier molecular flexibility index (Phi) is 8.86. The average molecular weight is 407 g/mol. The summed E-state index contributed by atoms with van der Waals surface area (Å²) in [6.07, 6.45) is 3.98. The first-order valence-electron chi connectivity index (χ1n) is 9.36. The Balaban J connectivity index is 2.45. The number of halogens is 1. The lowest BCUT2D eigenvalue weighted by Gasteiger charge is -2.14. The van der Waals surface area contributed by atoms with Crippen LogP contribution in [0.2, 0.25) is 5.02 Å². The van der Waals surface area contributed by atoms with E-state index >= 15 is 0 Å². The van der Waals surface area contributed by atoms with E-state index in [-0.39, 0.29) is 0 Å². The monoisotopic (exact) mass is 406 g/mol. The van der Waals surface area contributed by atoms with Crippen LogP contribution in [0.25, 0.3) is 5.53 Å². The van der Waals surface area contributed by atoms with Crippen molar-refractivity contribution in [3.63, 3.8) is 0 Å². The molecule has 27 heavy (non-hydrogen) atoms. The Morgan fingerprint density at radius 3 is 2.11 bits per heavy atom. The van der Waals surface area contributed by atoms with Crippen LogP contribution in [0.3, 0.4) is 0 Å². The molecule has 1 unspecified atom stereocenters. The molecule has 0 heterocycles. The van der Waals surface area contributed by atoms with E-state index in [0.717, 1.165) is 41.0 Å². The molecular formula is C21H27ClN2O2S. The van der Waals surface area contributed by atoms with E-state index in [9.17, 15) is 5.53 Å². The van der Waals surface area contributed by atoms with Gasteiger partial charge in [0.1, 0.15) is 16.4 Å². The fourth-order valence-corrected chi connectivity index (χ4v) is 3.99. The molecule has 0 aliphatic rings. The lowest BCUT2D eigenvalue weighted by molar-refractivity contribution is 0.295. The summed E-state index contributed by atoms with van der Waals surface area (Å²) in [5.74, 6) is 1.23. The molecule has 2 aromatic rings. The molecule has 4 nitrogen and oxygen atoms in total. The molecule has 0 aromatic heterocycles. The number of aryl methyl sites for hydroxylation is 1. The third-order valence-electron chi connectivity index (χ3n) is 4.04. The zero-order valence-corrected chi connectivity index (χ0v) is 17.8. The fraction of sp³-hybridized carbons (Fsp3) is 0.429. The van der Waals surface area contributed by atoms with Crippen LogP contribution in [0.5, 0.6) is 11.5 Å². The van der Waals surface area contributed by atoms with Crippen LogP contribution >= 0.6 is 11.6 Å². The molecule has 0 bridgehead atoms. The fourth-order valence-electron chi connectivity index (χ4n) is 2.43. The van der Waals surface area contributed by atoms with Gasteiger partial charge in [0.2, 0.25) is 10.7 Å². The summed E-state index contributed by atoms with van der Waals surface area (Å²) in [6, 6.07) is 11.6. The zero-order chi connectivity index (χ0) is 19.6. The lowest BCUT2D eigenvalue weighted by atomic mass is 10.2. The Hall–Kier alpha value is -1.81. The molecule has 2 rings (SSSR count). The van der Waals surface area contributed by atoms with Gasteiger partial charge in [-0.15, -0.1) is 4.16 Å². The summed E-state index contributed by atoms with van der Waals surface area (Å²) in [7, 11) is -0.892. The first-order chi connectivity index (χ1) is 13.1. The van der Waals surface area contributed by atoms with E-state index in [2.05, 4.69) is 18.0 Å². The van der Waals surface area contributed by atoms with E-state index in [1.54, 1.807) is 6.07 Å². The molecule has 0 radical (unpaired) electrons. The minimum Gasteiger partial charge on any atom is -0.492 e. The normalized spacial score (nSPS) is 11.7. The number of hydrogen-bond acceptors (Lipinski definition) is 2. The van der Waals surface area contributed by atoms with Crippen molar-refractivity contribution in [2.45, 2.75) is 56.2 Å². The molecule has 0 N–H and O–H groups in total. The molecule has 2 aromatic carbocycles. The largest absolute Gasteiger partial charge is 0.492 e. The van der Waals surface area contributed by atoms with Crippen LogP contribution in [0.1, 0.15) is 45.1 Å². The minimum atomic E-state index is -0.892. The average Bonchev–Trinajstić information content (AvgIpc) is 2.67. The van der Waals surface area contributed by atoms with Crippen LogP contribution in [0.4, 0.5) is 0 Å². The molecule has 0 fully saturated rings. The second-order valence-corrected chi connectivity index (χ2v) is 8.36. The number of ether oxygens (including phenoxy) is 2. The molecule has 0 aliphatic carbocycles. The number of hydrogen-bond donors (Lipinski definition) is 0. The van der Waals surface area contributed by atoms with E-state index in [4.69, 9.17) is 21.1 Å². The van der Waals surface area contributed by atoms with Crippen molar-refractivity contribution in [2.24, 2.45) is 0 Å². The van der Waals surface area contributed by atoms with Crippen LogP contribution < -0.4 is 13.6 Å². The van der Waals surface area contributed by atoms with Crippen molar-refractivity contribution in [2.75, 3.05) is 13.2 Å². The molecular weight excluding hydrogens is 380 g/mol. The Bertz CT molecular complexity index is 803. The first kappa shape index (κ1) is 21.5. The van der Waals surface area contributed by atoms with Gasteiger partial charge in [0.05, 0.1) is 23.1 Å². The SMILES string of the molecule is CCCCOc1cc(S(=[N+]=[N-])c2ccc(C)cc2)c(OCCCC)cc1Cl. The van der Waals surface area contributed by atoms with Gasteiger partial charge in [-0.1, -0.05) is 56.0 Å². The van der Waals surface area contributed by atoms with Crippen LogP contribution in [-0.2, 0) is 10.7 Å². The molecule has 0 amide bonds. The van der Waals surface area contributed by atoms with Crippen molar-refractivity contribution in [1.82, 2.24) is 4.16 Å². The summed E-state index contributed by atoms with van der Waals surface area (Å²) in [5.41, 5.74) is 10.9. The third kappa shape index (κ3) is 6.10. The Morgan fingerprint density at radius 1 is 0.963 bits per heavy atom. The number of unbranched alkanes of at least 4 members (excludes halogenated alkanes) is 2. The maximum Gasteiger partial charge on any atom is 0.227 e. The Morgan fingerprint density at radius 2 is 1.56 bits per heavy atom. The zero-order valence-electron chi connectivity index (χ0n) is 16.2. The molecule has 146 valence electrons. The lowest BCUT2D eigenvalue weighted by Crippen LogP contribution is -2.05. The summed E-state index contributed by atoms with van der Waals surface area (Å²) < 4.78 is 15.5. The molecule has 0 aliphatic heterocycles.